The van der Waals surface area contributed by atoms with Crippen LogP contribution in [0.5, 0.6) is 0 Å². The number of aryl methyl sites for hydroxylation is 1. The van der Waals surface area contributed by atoms with Gasteiger partial charge in [-0.05, 0) is 43.7 Å². The maximum atomic E-state index is 12.6. The highest BCUT2D eigenvalue weighted by molar-refractivity contribution is 7.89. The van der Waals surface area contributed by atoms with E-state index < -0.39 is 10.0 Å². The summed E-state index contributed by atoms with van der Waals surface area (Å²) in [5, 5.41) is 5.16. The predicted octanol–water partition coefficient (Wildman–Crippen LogP) is 1.81. The molecule has 2 aromatic rings. The fourth-order valence-electron chi connectivity index (χ4n) is 2.36. The standard InChI is InChI=1S/C16H21N3O3S/c1-11-8-9-15(18(11)3)16(20)19(4)12(2)13-6-5-7-14(10-13)23(17,21)22/h5-10,12H,1-4H3,(H2,17,21,22)/t12-/m1/s1. The molecule has 23 heavy (non-hydrogen) atoms. The Kier molecular flexibility index (Phi) is 4.63. The lowest BCUT2D eigenvalue weighted by Gasteiger charge is -2.26. The second-order valence-electron chi connectivity index (χ2n) is 5.63. The van der Waals surface area contributed by atoms with Crippen molar-refractivity contribution >= 4 is 15.9 Å². The van der Waals surface area contributed by atoms with Gasteiger partial charge in [-0.15, -0.1) is 0 Å². The summed E-state index contributed by atoms with van der Waals surface area (Å²) in [7, 11) is -0.238. The molecule has 124 valence electrons. The number of aromatic nitrogens is 1. The van der Waals surface area contributed by atoms with Gasteiger partial charge in [0.05, 0.1) is 10.9 Å². The summed E-state index contributed by atoms with van der Waals surface area (Å²) in [5.41, 5.74) is 2.28. The van der Waals surface area contributed by atoms with Crippen molar-refractivity contribution in [3.05, 3.63) is 53.3 Å². The highest BCUT2D eigenvalue weighted by Crippen LogP contribution is 2.23. The summed E-state index contributed by atoms with van der Waals surface area (Å²) < 4.78 is 24.8. The molecule has 0 aliphatic heterocycles. The van der Waals surface area contributed by atoms with E-state index in [9.17, 15) is 13.2 Å². The Labute approximate surface area is 136 Å². The van der Waals surface area contributed by atoms with Crippen molar-refractivity contribution in [2.75, 3.05) is 7.05 Å². The molecule has 1 amide bonds. The molecule has 0 spiro atoms. The molecule has 0 radical (unpaired) electrons. The van der Waals surface area contributed by atoms with Crippen molar-refractivity contribution in [2.45, 2.75) is 24.8 Å². The first-order chi connectivity index (χ1) is 10.6. The van der Waals surface area contributed by atoms with Crippen LogP contribution in [0.2, 0.25) is 0 Å². The zero-order valence-corrected chi connectivity index (χ0v) is 14.5. The first-order valence-electron chi connectivity index (χ1n) is 7.15. The molecule has 1 aromatic carbocycles. The summed E-state index contributed by atoms with van der Waals surface area (Å²) in [6.45, 7) is 3.77. The number of nitrogens with zero attached hydrogens (tertiary/aromatic N) is 2. The van der Waals surface area contributed by atoms with Crippen LogP contribution in [0.3, 0.4) is 0 Å². The van der Waals surface area contributed by atoms with E-state index in [1.54, 1.807) is 30.1 Å². The van der Waals surface area contributed by atoms with Gasteiger partial charge in [0.1, 0.15) is 5.69 Å². The van der Waals surface area contributed by atoms with Gasteiger partial charge in [-0.1, -0.05) is 12.1 Å². The minimum atomic E-state index is -3.77. The van der Waals surface area contributed by atoms with Crippen LogP contribution in [0.15, 0.2) is 41.3 Å². The van der Waals surface area contributed by atoms with E-state index in [0.29, 0.717) is 11.3 Å². The molecule has 2 rings (SSSR count). The average Bonchev–Trinajstić information content (AvgIpc) is 2.84. The quantitative estimate of drug-likeness (QED) is 0.924. The lowest BCUT2D eigenvalue weighted by Crippen LogP contribution is -2.31. The summed E-state index contributed by atoms with van der Waals surface area (Å²) in [5.74, 6) is -0.130. The number of benzene rings is 1. The zero-order valence-electron chi connectivity index (χ0n) is 13.6. The molecule has 0 bridgehead atoms. The average molecular weight is 335 g/mol. The number of rotatable bonds is 4. The molecular weight excluding hydrogens is 314 g/mol. The van der Waals surface area contributed by atoms with Crippen molar-refractivity contribution in [1.29, 1.82) is 0 Å². The van der Waals surface area contributed by atoms with Crippen molar-refractivity contribution in [2.24, 2.45) is 12.2 Å². The van der Waals surface area contributed by atoms with E-state index in [0.717, 1.165) is 5.69 Å². The van der Waals surface area contributed by atoms with Gasteiger partial charge in [0.25, 0.3) is 5.91 Å². The van der Waals surface area contributed by atoms with Gasteiger partial charge in [0, 0.05) is 19.8 Å². The molecule has 0 aliphatic carbocycles. The maximum Gasteiger partial charge on any atom is 0.270 e. The Morgan fingerprint density at radius 1 is 1.26 bits per heavy atom. The van der Waals surface area contributed by atoms with Gasteiger partial charge < -0.3 is 9.47 Å². The monoisotopic (exact) mass is 335 g/mol. The summed E-state index contributed by atoms with van der Waals surface area (Å²) in [6.07, 6.45) is 0. The first-order valence-corrected chi connectivity index (χ1v) is 8.70. The second kappa shape index (κ2) is 6.17. The van der Waals surface area contributed by atoms with Crippen LogP contribution in [-0.2, 0) is 17.1 Å². The number of nitrogens with two attached hydrogens (primary N) is 1. The predicted molar refractivity (Wildman–Crippen MR) is 88.5 cm³/mol. The maximum absolute atomic E-state index is 12.6. The van der Waals surface area contributed by atoms with E-state index in [-0.39, 0.29) is 16.8 Å². The van der Waals surface area contributed by atoms with Crippen LogP contribution in [0, 0.1) is 6.92 Å². The third-order valence-electron chi connectivity index (χ3n) is 4.16. The topological polar surface area (TPSA) is 85.4 Å². The van der Waals surface area contributed by atoms with Crippen LogP contribution in [0.1, 0.15) is 34.7 Å². The van der Waals surface area contributed by atoms with Crippen LogP contribution in [-0.4, -0.2) is 30.8 Å². The smallest absolute Gasteiger partial charge is 0.270 e. The Morgan fingerprint density at radius 3 is 2.43 bits per heavy atom. The van der Waals surface area contributed by atoms with Crippen LogP contribution in [0.25, 0.3) is 0 Å². The van der Waals surface area contributed by atoms with Gasteiger partial charge in [-0.3, -0.25) is 4.79 Å². The molecule has 0 saturated carbocycles. The second-order valence-corrected chi connectivity index (χ2v) is 7.19. The van der Waals surface area contributed by atoms with Gasteiger partial charge in [-0.2, -0.15) is 0 Å². The van der Waals surface area contributed by atoms with E-state index in [1.165, 1.54) is 12.1 Å². The van der Waals surface area contributed by atoms with Crippen molar-refractivity contribution in [3.8, 4) is 0 Å². The van der Waals surface area contributed by atoms with E-state index in [2.05, 4.69) is 0 Å². The van der Waals surface area contributed by atoms with Crippen LogP contribution in [0.4, 0.5) is 0 Å². The summed E-state index contributed by atoms with van der Waals surface area (Å²) in [4.78, 5) is 14.3. The van der Waals surface area contributed by atoms with E-state index in [1.807, 2.05) is 31.5 Å². The molecule has 6 nitrogen and oxygen atoms in total. The van der Waals surface area contributed by atoms with Gasteiger partial charge >= 0.3 is 0 Å². The summed E-state index contributed by atoms with van der Waals surface area (Å²) >= 11 is 0. The fourth-order valence-corrected chi connectivity index (χ4v) is 2.93. The molecule has 2 N–H and O–H groups in total. The van der Waals surface area contributed by atoms with E-state index >= 15 is 0 Å². The fraction of sp³-hybridized carbons (Fsp3) is 0.312. The molecule has 1 aromatic heterocycles. The van der Waals surface area contributed by atoms with Gasteiger partial charge in [0.15, 0.2) is 0 Å². The number of amides is 1. The molecular formula is C16H21N3O3S. The highest BCUT2D eigenvalue weighted by Gasteiger charge is 2.22. The normalized spacial score (nSPS) is 12.9. The molecule has 0 aliphatic rings. The van der Waals surface area contributed by atoms with Gasteiger partial charge in [0.2, 0.25) is 10.0 Å². The Bertz CT molecular complexity index is 840. The molecule has 1 heterocycles. The lowest BCUT2D eigenvalue weighted by molar-refractivity contribution is 0.0732. The molecule has 0 saturated heterocycles. The van der Waals surface area contributed by atoms with Crippen LogP contribution >= 0.6 is 0 Å². The Hall–Kier alpha value is -2.12. The third-order valence-corrected chi connectivity index (χ3v) is 5.07. The zero-order chi connectivity index (χ0) is 17.4. The minimum Gasteiger partial charge on any atom is -0.344 e. The SMILES string of the molecule is Cc1ccc(C(=O)N(C)[C@H](C)c2cccc(S(N)(=O)=O)c2)n1C. The Morgan fingerprint density at radius 2 is 1.91 bits per heavy atom. The van der Waals surface area contributed by atoms with Gasteiger partial charge in [-0.25, -0.2) is 13.6 Å². The van der Waals surface area contributed by atoms with Crippen molar-refractivity contribution in [1.82, 2.24) is 9.47 Å². The number of carbonyl (C=O) groups is 1. The number of hydrogen-bond donors (Lipinski definition) is 1. The van der Waals surface area contributed by atoms with Crippen molar-refractivity contribution < 1.29 is 13.2 Å². The number of hydrogen-bond acceptors (Lipinski definition) is 3. The molecule has 1 atom stereocenters. The number of carbonyl (C=O) groups excluding carboxylic acids is 1. The first kappa shape index (κ1) is 17.2. The largest absolute Gasteiger partial charge is 0.344 e. The van der Waals surface area contributed by atoms with E-state index in [4.69, 9.17) is 5.14 Å². The molecule has 7 heteroatoms. The number of primary sulfonamides is 1. The summed E-state index contributed by atoms with van der Waals surface area (Å²) in [6, 6.07) is 9.71. The lowest BCUT2D eigenvalue weighted by atomic mass is 10.1. The van der Waals surface area contributed by atoms with Crippen LogP contribution < -0.4 is 5.14 Å². The number of sulfonamides is 1. The molecule has 0 fully saturated rings. The van der Waals surface area contributed by atoms with Crippen molar-refractivity contribution in [3.63, 3.8) is 0 Å². The Balaban J connectivity index is 2.31. The third kappa shape index (κ3) is 3.46. The molecule has 0 unspecified atom stereocenters. The minimum absolute atomic E-state index is 0.0393. The highest BCUT2D eigenvalue weighted by atomic mass is 32.2.